The summed E-state index contributed by atoms with van der Waals surface area (Å²) in [7, 11) is 0. The van der Waals surface area contributed by atoms with Crippen molar-refractivity contribution in [2.75, 3.05) is 18.4 Å². The summed E-state index contributed by atoms with van der Waals surface area (Å²) in [4.78, 5) is 2.58. The van der Waals surface area contributed by atoms with Gasteiger partial charge in [-0.25, -0.2) is 4.39 Å². The number of halogens is 1. The first kappa shape index (κ1) is 11.0. The molecule has 2 aliphatic rings. The molecular weight excluding hydrogens is 215 g/mol. The lowest BCUT2D eigenvalue weighted by Gasteiger charge is -2.18. The number of hydrogen-bond acceptors (Lipinski definition) is 2. The van der Waals surface area contributed by atoms with Crippen LogP contribution in [0.1, 0.15) is 24.8 Å². The average molecular weight is 234 g/mol. The van der Waals surface area contributed by atoms with Crippen LogP contribution in [0.25, 0.3) is 0 Å². The van der Waals surface area contributed by atoms with Gasteiger partial charge in [-0.05, 0) is 49.9 Å². The van der Waals surface area contributed by atoms with Gasteiger partial charge in [0.15, 0.2) is 0 Å². The van der Waals surface area contributed by atoms with Crippen molar-refractivity contribution in [2.24, 2.45) is 0 Å². The van der Waals surface area contributed by atoms with Gasteiger partial charge >= 0.3 is 0 Å². The van der Waals surface area contributed by atoms with Crippen LogP contribution in [0.2, 0.25) is 0 Å². The molecule has 1 aliphatic heterocycles. The minimum atomic E-state index is -0.154. The number of benzene rings is 1. The molecule has 1 aromatic rings. The van der Waals surface area contributed by atoms with E-state index in [1.807, 2.05) is 13.0 Å². The van der Waals surface area contributed by atoms with Crippen LogP contribution in [-0.4, -0.2) is 30.1 Å². The van der Waals surface area contributed by atoms with E-state index >= 15 is 0 Å². The van der Waals surface area contributed by atoms with Crippen LogP contribution in [0.4, 0.5) is 10.1 Å². The van der Waals surface area contributed by atoms with Crippen molar-refractivity contribution < 1.29 is 4.39 Å². The molecule has 1 aromatic carbocycles. The lowest BCUT2D eigenvalue weighted by molar-refractivity contribution is 0.326. The fourth-order valence-corrected chi connectivity index (χ4v) is 2.69. The maximum atomic E-state index is 13.0. The summed E-state index contributed by atoms with van der Waals surface area (Å²) in [6.07, 6.45) is 3.96. The van der Waals surface area contributed by atoms with Gasteiger partial charge in [-0.2, -0.15) is 0 Å². The Hall–Kier alpha value is -1.09. The van der Waals surface area contributed by atoms with Crippen LogP contribution < -0.4 is 5.32 Å². The quantitative estimate of drug-likeness (QED) is 0.865. The van der Waals surface area contributed by atoms with E-state index in [2.05, 4.69) is 10.2 Å². The number of aryl methyl sites for hydroxylation is 1. The summed E-state index contributed by atoms with van der Waals surface area (Å²) in [6.45, 7) is 4.31. The minimum absolute atomic E-state index is 0.154. The van der Waals surface area contributed by atoms with E-state index in [-0.39, 0.29) is 5.82 Å². The zero-order valence-electron chi connectivity index (χ0n) is 10.2. The molecule has 3 heteroatoms. The number of rotatable bonds is 3. The summed E-state index contributed by atoms with van der Waals surface area (Å²) in [5, 5.41) is 3.54. The average Bonchev–Trinajstić information content (AvgIpc) is 3.04. The van der Waals surface area contributed by atoms with E-state index < -0.39 is 0 Å². The molecule has 92 valence electrons. The largest absolute Gasteiger partial charge is 0.381 e. The lowest BCUT2D eigenvalue weighted by Crippen LogP contribution is -2.27. The Bertz CT molecular complexity index is 415. The smallest absolute Gasteiger partial charge is 0.123 e. The zero-order valence-corrected chi connectivity index (χ0v) is 10.2. The molecule has 1 saturated heterocycles. The second kappa shape index (κ2) is 4.30. The highest BCUT2D eigenvalue weighted by Crippen LogP contribution is 2.30. The molecule has 0 amide bonds. The SMILES string of the molecule is Cc1cc(F)ccc1NC1CCN(C2CC2)C1. The Balaban J connectivity index is 1.63. The first-order valence-corrected chi connectivity index (χ1v) is 6.49. The standard InChI is InChI=1S/C14H19FN2/c1-10-8-11(15)2-5-14(10)16-12-6-7-17(9-12)13-3-4-13/h2,5,8,12-13,16H,3-4,6-7,9H2,1H3. The van der Waals surface area contributed by atoms with Gasteiger partial charge in [-0.3, -0.25) is 4.90 Å². The molecular formula is C14H19FN2. The van der Waals surface area contributed by atoms with Gasteiger partial charge in [-0.1, -0.05) is 0 Å². The summed E-state index contributed by atoms with van der Waals surface area (Å²) in [5.74, 6) is -0.154. The lowest BCUT2D eigenvalue weighted by atomic mass is 10.1. The third kappa shape index (κ3) is 2.44. The second-order valence-electron chi connectivity index (χ2n) is 5.32. The highest BCUT2D eigenvalue weighted by Gasteiger charge is 2.34. The van der Waals surface area contributed by atoms with Crippen molar-refractivity contribution >= 4 is 5.69 Å². The summed E-state index contributed by atoms with van der Waals surface area (Å²) in [5.41, 5.74) is 2.07. The fourth-order valence-electron chi connectivity index (χ4n) is 2.69. The number of nitrogens with one attached hydrogen (secondary N) is 1. The number of likely N-dealkylation sites (tertiary alicyclic amines) is 1. The third-order valence-electron chi connectivity index (χ3n) is 3.83. The molecule has 3 rings (SSSR count). The molecule has 1 N–H and O–H groups in total. The predicted octanol–water partition coefficient (Wildman–Crippen LogP) is 2.78. The van der Waals surface area contributed by atoms with Gasteiger partial charge < -0.3 is 5.32 Å². The van der Waals surface area contributed by atoms with Crippen molar-refractivity contribution in [1.82, 2.24) is 4.90 Å². The van der Waals surface area contributed by atoms with Crippen LogP contribution in [0, 0.1) is 12.7 Å². The van der Waals surface area contributed by atoms with Crippen molar-refractivity contribution in [3.05, 3.63) is 29.6 Å². The van der Waals surface area contributed by atoms with E-state index in [0.29, 0.717) is 6.04 Å². The Morgan fingerprint density at radius 1 is 1.29 bits per heavy atom. The van der Waals surface area contributed by atoms with E-state index in [0.717, 1.165) is 23.8 Å². The molecule has 17 heavy (non-hydrogen) atoms. The van der Waals surface area contributed by atoms with Crippen molar-refractivity contribution in [3.8, 4) is 0 Å². The molecule has 2 fully saturated rings. The number of anilines is 1. The highest BCUT2D eigenvalue weighted by molar-refractivity contribution is 5.51. The van der Waals surface area contributed by atoms with Gasteiger partial charge in [0.05, 0.1) is 0 Å². The third-order valence-corrected chi connectivity index (χ3v) is 3.83. The molecule has 0 bridgehead atoms. The normalized spacial score (nSPS) is 25.2. The Kier molecular flexibility index (Phi) is 2.79. The zero-order chi connectivity index (χ0) is 11.8. The van der Waals surface area contributed by atoms with Gasteiger partial charge in [0.1, 0.15) is 5.82 Å². The number of nitrogens with zero attached hydrogens (tertiary/aromatic N) is 1. The molecule has 1 unspecified atom stereocenters. The Morgan fingerprint density at radius 3 is 2.82 bits per heavy atom. The first-order chi connectivity index (χ1) is 8.22. The highest BCUT2D eigenvalue weighted by atomic mass is 19.1. The summed E-state index contributed by atoms with van der Waals surface area (Å²) < 4.78 is 13.0. The van der Waals surface area contributed by atoms with E-state index in [9.17, 15) is 4.39 Å². The molecule has 0 radical (unpaired) electrons. The van der Waals surface area contributed by atoms with E-state index in [1.54, 1.807) is 6.07 Å². The second-order valence-corrected chi connectivity index (χ2v) is 5.32. The van der Waals surface area contributed by atoms with Gasteiger partial charge in [0.2, 0.25) is 0 Å². The molecule has 1 atom stereocenters. The first-order valence-electron chi connectivity index (χ1n) is 6.49. The van der Waals surface area contributed by atoms with Crippen LogP contribution in [0.15, 0.2) is 18.2 Å². The molecule has 2 nitrogen and oxygen atoms in total. The van der Waals surface area contributed by atoms with E-state index in [4.69, 9.17) is 0 Å². The molecule has 0 aromatic heterocycles. The van der Waals surface area contributed by atoms with Gasteiger partial charge in [0, 0.05) is 30.9 Å². The minimum Gasteiger partial charge on any atom is -0.381 e. The summed E-state index contributed by atoms with van der Waals surface area (Å²) in [6, 6.07) is 6.36. The van der Waals surface area contributed by atoms with Crippen molar-refractivity contribution in [3.63, 3.8) is 0 Å². The Labute approximate surface area is 102 Å². The Morgan fingerprint density at radius 2 is 2.12 bits per heavy atom. The van der Waals surface area contributed by atoms with Gasteiger partial charge in [-0.15, -0.1) is 0 Å². The molecule has 1 aliphatic carbocycles. The fraction of sp³-hybridized carbons (Fsp3) is 0.571. The topological polar surface area (TPSA) is 15.3 Å². The monoisotopic (exact) mass is 234 g/mol. The van der Waals surface area contributed by atoms with Crippen LogP contribution in [0.5, 0.6) is 0 Å². The molecule has 1 heterocycles. The van der Waals surface area contributed by atoms with Crippen molar-refractivity contribution in [1.29, 1.82) is 0 Å². The van der Waals surface area contributed by atoms with Crippen molar-refractivity contribution in [2.45, 2.75) is 38.3 Å². The maximum absolute atomic E-state index is 13.0. The number of hydrogen-bond donors (Lipinski definition) is 1. The van der Waals surface area contributed by atoms with Crippen LogP contribution >= 0.6 is 0 Å². The summed E-state index contributed by atoms with van der Waals surface area (Å²) >= 11 is 0. The maximum Gasteiger partial charge on any atom is 0.123 e. The predicted molar refractivity (Wildman–Crippen MR) is 67.8 cm³/mol. The van der Waals surface area contributed by atoms with Gasteiger partial charge in [0.25, 0.3) is 0 Å². The van der Waals surface area contributed by atoms with E-state index in [1.165, 1.54) is 31.9 Å². The van der Waals surface area contributed by atoms with Crippen LogP contribution in [-0.2, 0) is 0 Å². The molecule has 0 spiro atoms. The molecule has 1 saturated carbocycles. The van der Waals surface area contributed by atoms with Crippen LogP contribution in [0.3, 0.4) is 0 Å².